The Balaban J connectivity index is 1.75. The average Bonchev–Trinajstić information content (AvgIpc) is 3.15. The van der Waals surface area contributed by atoms with Gasteiger partial charge in [0.15, 0.2) is 0 Å². The molecule has 3 saturated carbocycles. The van der Waals surface area contributed by atoms with E-state index in [0.717, 1.165) is 11.3 Å². The smallest absolute Gasteiger partial charge is 0.0176 e. The normalized spacial score (nSPS) is 32.8. The van der Waals surface area contributed by atoms with Crippen molar-refractivity contribution in [3.05, 3.63) is 5.92 Å². The van der Waals surface area contributed by atoms with Crippen LogP contribution in [0, 0.1) is 17.3 Å². The third-order valence-electron chi connectivity index (χ3n) is 5.27. The molecular weight excluding hydrogens is 180 g/mol. The van der Waals surface area contributed by atoms with E-state index < -0.39 is 0 Å². The van der Waals surface area contributed by atoms with E-state index in [1.807, 2.05) is 5.92 Å². The molecule has 0 unspecified atom stereocenters. The summed E-state index contributed by atoms with van der Waals surface area (Å²) in [6.45, 7) is 0. The molecule has 3 fully saturated rings. The van der Waals surface area contributed by atoms with Crippen LogP contribution in [0.3, 0.4) is 0 Å². The van der Waals surface area contributed by atoms with Crippen molar-refractivity contribution in [3.8, 4) is 0 Å². The van der Waals surface area contributed by atoms with Crippen LogP contribution >= 0.6 is 0 Å². The molecule has 15 heavy (non-hydrogen) atoms. The lowest BCUT2D eigenvalue weighted by Gasteiger charge is -2.46. The highest BCUT2D eigenvalue weighted by atomic mass is 14.5. The predicted octanol–water partition coefficient (Wildman–Crippen LogP) is 4.89. The quantitative estimate of drug-likeness (QED) is 0.602. The van der Waals surface area contributed by atoms with E-state index in [1.54, 1.807) is 25.7 Å². The molecule has 85 valence electrons. The molecule has 1 radical (unpaired) electrons. The summed E-state index contributed by atoms with van der Waals surface area (Å²) in [6.07, 6.45) is 18.3. The fourth-order valence-corrected chi connectivity index (χ4v) is 4.35. The van der Waals surface area contributed by atoms with Crippen LogP contribution in [0.25, 0.3) is 0 Å². The molecule has 3 aliphatic rings. The first kappa shape index (κ1) is 10.2. The maximum absolute atomic E-state index is 2.02. The molecule has 0 amide bonds. The van der Waals surface area contributed by atoms with Gasteiger partial charge in [-0.15, -0.1) is 0 Å². The molecule has 0 nitrogen and oxygen atoms in total. The van der Waals surface area contributed by atoms with Gasteiger partial charge in [-0.2, -0.15) is 0 Å². The molecule has 0 aromatic heterocycles. The highest BCUT2D eigenvalue weighted by molar-refractivity contribution is 5.14. The van der Waals surface area contributed by atoms with E-state index in [9.17, 15) is 0 Å². The van der Waals surface area contributed by atoms with Gasteiger partial charge in [0.05, 0.1) is 0 Å². The third kappa shape index (κ3) is 1.85. The van der Waals surface area contributed by atoms with E-state index in [4.69, 9.17) is 0 Å². The lowest BCUT2D eigenvalue weighted by molar-refractivity contribution is 0.145. The Labute approximate surface area is 94.8 Å². The zero-order valence-corrected chi connectivity index (χ0v) is 10.1. The SMILES string of the molecule is C1CC[C](C2(C3CC3)CCCCC2)CC1. The van der Waals surface area contributed by atoms with Crippen molar-refractivity contribution < 1.29 is 0 Å². The molecule has 0 aliphatic heterocycles. The summed E-state index contributed by atoms with van der Waals surface area (Å²) in [5, 5.41) is 0. The van der Waals surface area contributed by atoms with Crippen LogP contribution in [-0.2, 0) is 0 Å². The van der Waals surface area contributed by atoms with E-state index in [1.165, 1.54) is 51.4 Å². The minimum absolute atomic E-state index is 0.776. The van der Waals surface area contributed by atoms with Gasteiger partial charge in [-0.1, -0.05) is 38.5 Å². The van der Waals surface area contributed by atoms with Crippen LogP contribution in [0.4, 0.5) is 0 Å². The van der Waals surface area contributed by atoms with E-state index >= 15 is 0 Å². The summed E-state index contributed by atoms with van der Waals surface area (Å²) >= 11 is 0. The van der Waals surface area contributed by atoms with Gasteiger partial charge in [0.2, 0.25) is 0 Å². The summed E-state index contributed by atoms with van der Waals surface area (Å²) in [7, 11) is 0. The fourth-order valence-electron chi connectivity index (χ4n) is 4.35. The van der Waals surface area contributed by atoms with E-state index in [0.29, 0.717) is 0 Å². The maximum Gasteiger partial charge on any atom is -0.0176 e. The second kappa shape index (κ2) is 4.11. The first-order valence-electron chi connectivity index (χ1n) is 7.27. The standard InChI is InChI=1S/C15H25/c1-3-7-13(8-4-1)15(14-9-10-14)11-5-2-6-12-15/h14H,1-12H2. The zero-order valence-electron chi connectivity index (χ0n) is 10.1. The molecule has 3 aliphatic carbocycles. The summed E-state index contributed by atoms with van der Waals surface area (Å²) < 4.78 is 0. The minimum Gasteiger partial charge on any atom is -0.0533 e. The summed E-state index contributed by atoms with van der Waals surface area (Å²) in [6, 6.07) is 0. The second-order valence-electron chi connectivity index (χ2n) is 6.16. The molecule has 0 saturated heterocycles. The Kier molecular flexibility index (Phi) is 2.79. The minimum atomic E-state index is 0.776. The van der Waals surface area contributed by atoms with Crippen LogP contribution < -0.4 is 0 Å². The monoisotopic (exact) mass is 205 g/mol. The lowest BCUT2D eigenvalue weighted by Crippen LogP contribution is -2.34. The van der Waals surface area contributed by atoms with Crippen molar-refractivity contribution in [2.75, 3.05) is 0 Å². The van der Waals surface area contributed by atoms with Crippen molar-refractivity contribution >= 4 is 0 Å². The van der Waals surface area contributed by atoms with Gasteiger partial charge in [-0.3, -0.25) is 0 Å². The number of rotatable bonds is 2. The Bertz CT molecular complexity index is 202. The molecule has 0 N–H and O–H groups in total. The summed E-state index contributed by atoms with van der Waals surface area (Å²) in [4.78, 5) is 0. The van der Waals surface area contributed by atoms with Crippen LogP contribution in [0.5, 0.6) is 0 Å². The molecule has 0 heteroatoms. The molecule has 0 aromatic carbocycles. The van der Waals surface area contributed by atoms with Crippen LogP contribution in [-0.4, -0.2) is 0 Å². The molecule has 0 heterocycles. The van der Waals surface area contributed by atoms with Gasteiger partial charge in [-0.05, 0) is 55.8 Å². The molecule has 0 spiro atoms. The maximum atomic E-state index is 2.02. The van der Waals surface area contributed by atoms with Crippen LogP contribution in [0.1, 0.15) is 77.0 Å². The topological polar surface area (TPSA) is 0 Å². The molecule has 0 bridgehead atoms. The van der Waals surface area contributed by atoms with Crippen molar-refractivity contribution in [1.29, 1.82) is 0 Å². The highest BCUT2D eigenvalue weighted by Crippen LogP contribution is 2.61. The first-order valence-corrected chi connectivity index (χ1v) is 7.27. The fraction of sp³-hybridized carbons (Fsp3) is 0.933. The largest absolute Gasteiger partial charge is 0.0533 e. The second-order valence-corrected chi connectivity index (χ2v) is 6.16. The number of hydrogen-bond donors (Lipinski definition) is 0. The zero-order chi connectivity index (χ0) is 10.1. The van der Waals surface area contributed by atoms with Gasteiger partial charge in [0.1, 0.15) is 0 Å². The predicted molar refractivity (Wildman–Crippen MR) is 64.6 cm³/mol. The van der Waals surface area contributed by atoms with Crippen molar-refractivity contribution in [2.24, 2.45) is 11.3 Å². The Hall–Kier alpha value is 0. The van der Waals surface area contributed by atoms with Gasteiger partial charge in [-0.25, -0.2) is 0 Å². The number of hydrogen-bond acceptors (Lipinski definition) is 0. The Morgan fingerprint density at radius 2 is 1.33 bits per heavy atom. The third-order valence-corrected chi connectivity index (χ3v) is 5.27. The summed E-state index contributed by atoms with van der Waals surface area (Å²) in [5.41, 5.74) is 0.776. The van der Waals surface area contributed by atoms with Crippen LogP contribution in [0.2, 0.25) is 0 Å². The van der Waals surface area contributed by atoms with Gasteiger partial charge in [0, 0.05) is 0 Å². The van der Waals surface area contributed by atoms with E-state index in [-0.39, 0.29) is 0 Å². The Morgan fingerprint density at radius 1 is 0.733 bits per heavy atom. The van der Waals surface area contributed by atoms with Crippen molar-refractivity contribution in [1.82, 2.24) is 0 Å². The molecular formula is C15H25. The van der Waals surface area contributed by atoms with Crippen molar-refractivity contribution in [3.63, 3.8) is 0 Å². The average molecular weight is 205 g/mol. The van der Waals surface area contributed by atoms with Gasteiger partial charge in [0.25, 0.3) is 0 Å². The van der Waals surface area contributed by atoms with Gasteiger partial charge < -0.3 is 0 Å². The molecule has 0 atom stereocenters. The van der Waals surface area contributed by atoms with Crippen LogP contribution in [0.15, 0.2) is 0 Å². The van der Waals surface area contributed by atoms with Crippen molar-refractivity contribution in [2.45, 2.75) is 77.0 Å². The highest BCUT2D eigenvalue weighted by Gasteiger charge is 2.50. The first-order chi connectivity index (χ1) is 7.42. The molecule has 0 aromatic rings. The Morgan fingerprint density at radius 3 is 1.93 bits per heavy atom. The lowest BCUT2D eigenvalue weighted by atomic mass is 9.59. The summed E-state index contributed by atoms with van der Waals surface area (Å²) in [5.74, 6) is 3.15. The van der Waals surface area contributed by atoms with Gasteiger partial charge >= 0.3 is 0 Å². The molecule has 3 rings (SSSR count). The van der Waals surface area contributed by atoms with E-state index in [2.05, 4.69) is 0 Å².